The van der Waals surface area contributed by atoms with Gasteiger partial charge in [-0.3, -0.25) is 0 Å². The Balaban J connectivity index is 2.31. The molecular weight excluding hydrogens is 340 g/mol. The van der Waals surface area contributed by atoms with Crippen molar-refractivity contribution in [3.05, 3.63) is 57.0 Å². The van der Waals surface area contributed by atoms with Gasteiger partial charge in [-0.1, -0.05) is 33.6 Å². The number of ether oxygens (including phenoxy) is 1. The van der Waals surface area contributed by atoms with Gasteiger partial charge in [-0.05, 0) is 42.9 Å². The molecular formula is C15H12BrClN2O. The van der Waals surface area contributed by atoms with E-state index in [1.165, 1.54) is 0 Å². The molecule has 0 saturated heterocycles. The Morgan fingerprint density at radius 2 is 2.00 bits per heavy atom. The van der Waals surface area contributed by atoms with Gasteiger partial charge in [0.25, 0.3) is 0 Å². The summed E-state index contributed by atoms with van der Waals surface area (Å²) in [5.41, 5.74) is 1.51. The molecule has 0 bridgehead atoms. The van der Waals surface area contributed by atoms with Gasteiger partial charge in [0, 0.05) is 11.0 Å². The molecule has 0 radical (unpaired) electrons. The van der Waals surface area contributed by atoms with E-state index in [0.717, 1.165) is 10.0 Å². The average molecular weight is 352 g/mol. The fourth-order valence-electron chi connectivity index (χ4n) is 1.74. The summed E-state index contributed by atoms with van der Waals surface area (Å²) in [4.78, 5) is 0. The first-order valence-electron chi connectivity index (χ1n) is 5.94. The second-order valence-corrected chi connectivity index (χ2v) is 5.47. The van der Waals surface area contributed by atoms with Crippen LogP contribution in [0.15, 0.2) is 40.9 Å². The van der Waals surface area contributed by atoms with Crippen molar-refractivity contribution in [3.63, 3.8) is 0 Å². The largest absolute Gasteiger partial charge is 0.454 e. The van der Waals surface area contributed by atoms with E-state index in [9.17, 15) is 5.26 Å². The van der Waals surface area contributed by atoms with Crippen molar-refractivity contribution in [2.45, 2.75) is 6.54 Å². The minimum atomic E-state index is 0.483. The molecule has 0 heterocycles. The number of nitrogens with zero attached hydrogens (tertiary/aromatic N) is 1. The van der Waals surface area contributed by atoms with Crippen molar-refractivity contribution >= 4 is 27.5 Å². The van der Waals surface area contributed by atoms with Gasteiger partial charge in [-0.15, -0.1) is 0 Å². The van der Waals surface area contributed by atoms with Crippen LogP contribution in [-0.4, -0.2) is 7.05 Å². The Bertz CT molecular complexity index is 667. The number of nitrogens with one attached hydrogen (secondary N) is 1. The summed E-state index contributed by atoms with van der Waals surface area (Å²) in [6.45, 7) is 0.702. The molecule has 2 aromatic carbocycles. The van der Waals surface area contributed by atoms with Crippen LogP contribution < -0.4 is 10.1 Å². The van der Waals surface area contributed by atoms with Crippen molar-refractivity contribution in [2.75, 3.05) is 7.05 Å². The lowest BCUT2D eigenvalue weighted by Gasteiger charge is -2.10. The van der Waals surface area contributed by atoms with Gasteiger partial charge in [-0.25, -0.2) is 0 Å². The van der Waals surface area contributed by atoms with E-state index in [1.54, 1.807) is 24.3 Å². The second-order valence-electron chi connectivity index (χ2n) is 4.15. The van der Waals surface area contributed by atoms with Gasteiger partial charge in [0.1, 0.15) is 17.6 Å². The summed E-state index contributed by atoms with van der Waals surface area (Å²) in [7, 11) is 1.86. The summed E-state index contributed by atoms with van der Waals surface area (Å²) in [5.74, 6) is 1.02. The number of nitriles is 1. The van der Waals surface area contributed by atoms with Crippen molar-refractivity contribution < 1.29 is 4.74 Å². The third-order valence-corrected chi connectivity index (χ3v) is 3.45. The van der Waals surface area contributed by atoms with Gasteiger partial charge in [0.15, 0.2) is 0 Å². The standard InChI is InChI=1S/C15H12BrClN2O/c1-19-9-10-2-4-14(11(6-10)8-18)20-15-5-3-12(16)7-13(15)17/h2-7,19H,9H2,1H3. The van der Waals surface area contributed by atoms with Crippen LogP contribution in [0.25, 0.3) is 0 Å². The Hall–Kier alpha value is -1.54. The van der Waals surface area contributed by atoms with E-state index in [-0.39, 0.29) is 0 Å². The molecule has 2 aromatic rings. The highest BCUT2D eigenvalue weighted by Gasteiger charge is 2.09. The van der Waals surface area contributed by atoms with Crippen molar-refractivity contribution in [2.24, 2.45) is 0 Å². The highest BCUT2D eigenvalue weighted by molar-refractivity contribution is 9.10. The highest BCUT2D eigenvalue weighted by atomic mass is 79.9. The molecule has 20 heavy (non-hydrogen) atoms. The van der Waals surface area contributed by atoms with Crippen LogP contribution >= 0.6 is 27.5 Å². The summed E-state index contributed by atoms with van der Waals surface area (Å²) in [6.07, 6.45) is 0. The van der Waals surface area contributed by atoms with E-state index in [4.69, 9.17) is 16.3 Å². The lowest BCUT2D eigenvalue weighted by atomic mass is 10.1. The molecule has 0 unspecified atom stereocenters. The molecule has 5 heteroatoms. The second kappa shape index (κ2) is 6.76. The number of benzene rings is 2. The normalized spacial score (nSPS) is 10.1. The molecule has 0 aliphatic heterocycles. The van der Waals surface area contributed by atoms with E-state index < -0.39 is 0 Å². The number of hydrogen-bond donors (Lipinski definition) is 1. The van der Waals surface area contributed by atoms with Crippen molar-refractivity contribution in [1.82, 2.24) is 5.32 Å². The molecule has 102 valence electrons. The number of hydrogen-bond acceptors (Lipinski definition) is 3. The predicted molar refractivity (Wildman–Crippen MR) is 83.1 cm³/mol. The summed E-state index contributed by atoms with van der Waals surface area (Å²) < 4.78 is 6.60. The Morgan fingerprint density at radius 3 is 2.65 bits per heavy atom. The lowest BCUT2D eigenvalue weighted by molar-refractivity contribution is 0.481. The maximum absolute atomic E-state index is 9.21. The van der Waals surface area contributed by atoms with Gasteiger partial charge >= 0.3 is 0 Å². The lowest BCUT2D eigenvalue weighted by Crippen LogP contribution is -2.05. The topological polar surface area (TPSA) is 45.0 Å². The SMILES string of the molecule is CNCc1ccc(Oc2ccc(Br)cc2Cl)c(C#N)c1. The van der Waals surface area contributed by atoms with Crippen LogP contribution in [0.3, 0.4) is 0 Å². The van der Waals surface area contributed by atoms with Gasteiger partial charge in [-0.2, -0.15) is 5.26 Å². The van der Waals surface area contributed by atoms with E-state index in [0.29, 0.717) is 28.6 Å². The predicted octanol–water partition coefficient (Wildman–Crippen LogP) is 4.49. The van der Waals surface area contributed by atoms with Crippen molar-refractivity contribution in [1.29, 1.82) is 5.26 Å². The molecule has 2 rings (SSSR count). The molecule has 0 aromatic heterocycles. The maximum atomic E-state index is 9.21. The third kappa shape index (κ3) is 3.51. The molecule has 0 fully saturated rings. The Morgan fingerprint density at radius 1 is 1.25 bits per heavy atom. The average Bonchev–Trinajstić information content (AvgIpc) is 2.43. The third-order valence-electron chi connectivity index (χ3n) is 2.66. The summed E-state index contributed by atoms with van der Waals surface area (Å²) in [5, 5.41) is 12.7. The summed E-state index contributed by atoms with van der Waals surface area (Å²) in [6, 6.07) is 13.0. The van der Waals surface area contributed by atoms with Crippen LogP contribution in [0.4, 0.5) is 0 Å². The van der Waals surface area contributed by atoms with Crippen LogP contribution in [0, 0.1) is 11.3 Å². The van der Waals surface area contributed by atoms with Crippen molar-refractivity contribution in [3.8, 4) is 17.6 Å². The zero-order valence-electron chi connectivity index (χ0n) is 10.8. The first-order chi connectivity index (χ1) is 9.63. The molecule has 0 amide bonds. The fraction of sp³-hybridized carbons (Fsp3) is 0.133. The molecule has 0 aliphatic rings. The first kappa shape index (κ1) is 14.9. The van der Waals surface area contributed by atoms with Gasteiger partial charge in [0.05, 0.1) is 10.6 Å². The minimum Gasteiger partial charge on any atom is -0.454 e. The quantitative estimate of drug-likeness (QED) is 0.883. The highest BCUT2D eigenvalue weighted by Crippen LogP contribution is 2.33. The van der Waals surface area contributed by atoms with Gasteiger partial charge in [0.2, 0.25) is 0 Å². The molecule has 0 atom stereocenters. The Kier molecular flexibility index (Phi) is 5.02. The van der Waals surface area contributed by atoms with Crippen LogP contribution in [0.1, 0.15) is 11.1 Å². The number of halogens is 2. The van der Waals surface area contributed by atoms with Gasteiger partial charge < -0.3 is 10.1 Å². The molecule has 0 saturated carbocycles. The van der Waals surface area contributed by atoms with Crippen LogP contribution in [-0.2, 0) is 6.54 Å². The maximum Gasteiger partial charge on any atom is 0.146 e. The minimum absolute atomic E-state index is 0.483. The first-order valence-corrected chi connectivity index (χ1v) is 7.11. The molecule has 3 nitrogen and oxygen atoms in total. The Labute approximate surface area is 131 Å². The van der Waals surface area contributed by atoms with Crippen LogP contribution in [0.5, 0.6) is 11.5 Å². The van der Waals surface area contributed by atoms with Crippen LogP contribution in [0.2, 0.25) is 5.02 Å². The summed E-state index contributed by atoms with van der Waals surface area (Å²) >= 11 is 9.45. The zero-order valence-corrected chi connectivity index (χ0v) is 13.1. The van der Waals surface area contributed by atoms with E-state index in [1.807, 2.05) is 19.2 Å². The molecule has 0 spiro atoms. The smallest absolute Gasteiger partial charge is 0.146 e. The number of rotatable bonds is 4. The van der Waals surface area contributed by atoms with E-state index in [2.05, 4.69) is 27.3 Å². The monoisotopic (exact) mass is 350 g/mol. The molecule has 1 N–H and O–H groups in total. The zero-order chi connectivity index (χ0) is 14.5. The van der Waals surface area contributed by atoms with E-state index >= 15 is 0 Å². The fourth-order valence-corrected chi connectivity index (χ4v) is 2.46. The molecule has 0 aliphatic carbocycles.